The highest BCUT2D eigenvalue weighted by Crippen LogP contribution is 2.37. The lowest BCUT2D eigenvalue weighted by atomic mass is 9.78. The van der Waals surface area contributed by atoms with Crippen LogP contribution in [0.1, 0.15) is 27.2 Å². The lowest BCUT2D eigenvalue weighted by molar-refractivity contribution is -0.138. The van der Waals surface area contributed by atoms with Crippen molar-refractivity contribution in [3.05, 3.63) is 24.0 Å². The number of ketones is 1. The molecule has 1 rings (SSSR count). The van der Waals surface area contributed by atoms with Crippen LogP contribution in [0.15, 0.2) is 24.0 Å². The van der Waals surface area contributed by atoms with Gasteiger partial charge in [0.1, 0.15) is 5.76 Å². The molecule has 3 heteroatoms. The van der Waals surface area contributed by atoms with Gasteiger partial charge in [-0.1, -0.05) is 20.4 Å². The van der Waals surface area contributed by atoms with Crippen molar-refractivity contribution in [3.8, 4) is 0 Å². The van der Waals surface area contributed by atoms with Gasteiger partial charge < -0.3 is 4.74 Å². The van der Waals surface area contributed by atoms with E-state index in [1.807, 2.05) is 13.8 Å². The summed E-state index contributed by atoms with van der Waals surface area (Å²) in [5.74, 6) is -0.118. The van der Waals surface area contributed by atoms with Crippen LogP contribution in [0.4, 0.5) is 0 Å². The van der Waals surface area contributed by atoms with Crippen LogP contribution in [0.2, 0.25) is 0 Å². The fourth-order valence-corrected chi connectivity index (χ4v) is 1.45. The highest BCUT2D eigenvalue weighted by Gasteiger charge is 2.33. The average Bonchev–Trinajstić information content (AvgIpc) is 1.98. The molecule has 0 heterocycles. The van der Waals surface area contributed by atoms with E-state index < -0.39 is 5.97 Å². The van der Waals surface area contributed by atoms with Crippen molar-refractivity contribution in [1.82, 2.24) is 0 Å². The summed E-state index contributed by atoms with van der Waals surface area (Å²) < 4.78 is 4.99. The number of hydrogen-bond acceptors (Lipinski definition) is 3. The van der Waals surface area contributed by atoms with E-state index in [1.54, 1.807) is 0 Å². The summed E-state index contributed by atoms with van der Waals surface area (Å²) in [6.45, 7) is 8.83. The Bertz CT molecular complexity index is 334. The van der Waals surface area contributed by atoms with Gasteiger partial charge in [-0.15, -0.1) is 0 Å². The van der Waals surface area contributed by atoms with Crippen molar-refractivity contribution in [1.29, 1.82) is 0 Å². The number of hydrogen-bond donors (Lipinski definition) is 0. The number of carbonyl (C=O) groups excluding carboxylic acids is 2. The minimum absolute atomic E-state index is 0.152. The molecule has 3 nitrogen and oxygen atoms in total. The molecule has 0 amide bonds. The fourth-order valence-electron chi connectivity index (χ4n) is 1.45. The van der Waals surface area contributed by atoms with Crippen LogP contribution < -0.4 is 0 Å². The Morgan fingerprint density at radius 3 is 2.64 bits per heavy atom. The molecule has 0 atom stereocenters. The third-order valence-electron chi connectivity index (χ3n) is 2.19. The van der Waals surface area contributed by atoms with E-state index in [2.05, 4.69) is 6.58 Å². The Labute approximate surface area is 83.4 Å². The Balaban J connectivity index is 3.00. The zero-order chi connectivity index (χ0) is 10.9. The van der Waals surface area contributed by atoms with Gasteiger partial charge in [0.25, 0.3) is 0 Å². The standard InChI is InChI=1S/C11H14O3/c1-7-6-11(3,4)10(5-9(7)13)14-8(2)12/h5H,1,6H2,2-4H3. The molecule has 14 heavy (non-hydrogen) atoms. The largest absolute Gasteiger partial charge is 0.431 e. The van der Waals surface area contributed by atoms with Crippen LogP contribution in [0, 0.1) is 5.41 Å². The Morgan fingerprint density at radius 1 is 1.57 bits per heavy atom. The van der Waals surface area contributed by atoms with Crippen molar-refractivity contribution < 1.29 is 14.3 Å². The maximum absolute atomic E-state index is 11.3. The van der Waals surface area contributed by atoms with E-state index in [-0.39, 0.29) is 11.2 Å². The first-order chi connectivity index (χ1) is 6.33. The van der Waals surface area contributed by atoms with Crippen molar-refractivity contribution in [2.75, 3.05) is 0 Å². The van der Waals surface area contributed by atoms with Crippen molar-refractivity contribution in [2.45, 2.75) is 27.2 Å². The highest BCUT2D eigenvalue weighted by molar-refractivity contribution is 6.05. The van der Waals surface area contributed by atoms with Crippen LogP contribution in [-0.2, 0) is 14.3 Å². The Hall–Kier alpha value is -1.38. The number of allylic oxidation sites excluding steroid dienone is 3. The van der Waals surface area contributed by atoms with Crippen molar-refractivity contribution in [2.24, 2.45) is 5.41 Å². The molecule has 76 valence electrons. The molecule has 0 fully saturated rings. The van der Waals surface area contributed by atoms with Gasteiger partial charge >= 0.3 is 5.97 Å². The monoisotopic (exact) mass is 194 g/mol. The summed E-state index contributed by atoms with van der Waals surface area (Å²) in [4.78, 5) is 22.1. The van der Waals surface area contributed by atoms with Gasteiger partial charge in [-0.05, 0) is 12.0 Å². The van der Waals surface area contributed by atoms with E-state index in [9.17, 15) is 9.59 Å². The predicted molar refractivity (Wildman–Crippen MR) is 52.4 cm³/mol. The first-order valence-corrected chi connectivity index (χ1v) is 4.45. The average molecular weight is 194 g/mol. The number of esters is 1. The molecule has 0 unspecified atom stereocenters. The summed E-state index contributed by atoms with van der Waals surface area (Å²) >= 11 is 0. The lowest BCUT2D eigenvalue weighted by Crippen LogP contribution is -2.26. The molecular weight excluding hydrogens is 180 g/mol. The van der Waals surface area contributed by atoms with Crippen molar-refractivity contribution >= 4 is 11.8 Å². The molecule has 0 N–H and O–H groups in total. The van der Waals surface area contributed by atoms with E-state index in [4.69, 9.17) is 4.74 Å². The molecule has 0 spiro atoms. The summed E-state index contributed by atoms with van der Waals surface area (Å²) in [6, 6.07) is 0. The van der Waals surface area contributed by atoms with E-state index in [0.29, 0.717) is 17.8 Å². The molecule has 0 saturated carbocycles. The second kappa shape index (κ2) is 3.40. The third-order valence-corrected chi connectivity index (χ3v) is 2.19. The minimum atomic E-state index is -0.398. The van der Waals surface area contributed by atoms with Gasteiger partial charge in [-0.2, -0.15) is 0 Å². The smallest absolute Gasteiger partial charge is 0.307 e. The normalized spacial score (nSPS) is 20.4. The van der Waals surface area contributed by atoms with Gasteiger partial charge in [0.2, 0.25) is 0 Å². The van der Waals surface area contributed by atoms with Crippen LogP contribution in [0.5, 0.6) is 0 Å². The summed E-state index contributed by atoms with van der Waals surface area (Å²) in [5.41, 5.74) is 0.238. The van der Waals surface area contributed by atoms with Gasteiger partial charge in [-0.25, -0.2) is 0 Å². The third kappa shape index (κ3) is 2.10. The SMILES string of the molecule is C=C1CC(C)(C)C(OC(C)=O)=CC1=O. The van der Waals surface area contributed by atoms with E-state index in [0.717, 1.165) is 0 Å². The van der Waals surface area contributed by atoms with E-state index >= 15 is 0 Å². The van der Waals surface area contributed by atoms with Gasteiger partial charge in [0, 0.05) is 18.4 Å². The fraction of sp³-hybridized carbons (Fsp3) is 0.455. The first kappa shape index (κ1) is 10.7. The van der Waals surface area contributed by atoms with E-state index in [1.165, 1.54) is 13.0 Å². The lowest BCUT2D eigenvalue weighted by Gasteiger charge is -2.30. The zero-order valence-corrected chi connectivity index (χ0v) is 8.72. The predicted octanol–water partition coefficient (Wildman–Crippen LogP) is 1.99. The Morgan fingerprint density at radius 2 is 2.14 bits per heavy atom. The number of rotatable bonds is 1. The maximum atomic E-state index is 11.3. The van der Waals surface area contributed by atoms with Crippen LogP contribution in [-0.4, -0.2) is 11.8 Å². The van der Waals surface area contributed by atoms with Crippen molar-refractivity contribution in [3.63, 3.8) is 0 Å². The maximum Gasteiger partial charge on any atom is 0.307 e. The molecule has 0 aromatic rings. The Kier molecular flexibility index (Phi) is 2.60. The van der Waals surface area contributed by atoms with Crippen LogP contribution in [0.25, 0.3) is 0 Å². The number of carbonyl (C=O) groups is 2. The second-order valence-electron chi connectivity index (χ2n) is 4.13. The molecule has 0 bridgehead atoms. The molecule has 0 radical (unpaired) electrons. The van der Waals surface area contributed by atoms with Gasteiger partial charge in [0.05, 0.1) is 0 Å². The molecule has 0 aromatic carbocycles. The zero-order valence-electron chi connectivity index (χ0n) is 8.72. The molecular formula is C11H14O3. The summed E-state index contributed by atoms with van der Waals surface area (Å²) in [6.07, 6.45) is 1.89. The van der Waals surface area contributed by atoms with Gasteiger partial charge in [0.15, 0.2) is 5.78 Å². The molecule has 1 aliphatic rings. The van der Waals surface area contributed by atoms with Crippen LogP contribution >= 0.6 is 0 Å². The second-order valence-corrected chi connectivity index (χ2v) is 4.13. The molecule has 0 saturated heterocycles. The minimum Gasteiger partial charge on any atom is -0.431 e. The molecule has 0 aliphatic heterocycles. The topological polar surface area (TPSA) is 43.4 Å². The first-order valence-electron chi connectivity index (χ1n) is 4.45. The quantitative estimate of drug-likeness (QED) is 0.473. The molecule has 1 aliphatic carbocycles. The number of ether oxygens (including phenoxy) is 1. The van der Waals surface area contributed by atoms with Gasteiger partial charge in [-0.3, -0.25) is 9.59 Å². The summed E-state index contributed by atoms with van der Waals surface area (Å²) in [5, 5.41) is 0. The molecule has 0 aromatic heterocycles. The summed E-state index contributed by atoms with van der Waals surface area (Å²) in [7, 11) is 0. The highest BCUT2D eigenvalue weighted by atomic mass is 16.5. The van der Waals surface area contributed by atoms with Crippen LogP contribution in [0.3, 0.4) is 0 Å².